The molecular formula is C10H18N2O. The molecule has 1 aromatic heterocycles. The van der Waals surface area contributed by atoms with Crippen LogP contribution in [0.25, 0.3) is 0 Å². The number of anilines is 1. The van der Waals surface area contributed by atoms with Crippen molar-refractivity contribution in [2.24, 2.45) is 11.7 Å². The van der Waals surface area contributed by atoms with Crippen LogP contribution in [0.4, 0.5) is 5.88 Å². The van der Waals surface area contributed by atoms with Gasteiger partial charge in [0.1, 0.15) is 5.76 Å². The first-order chi connectivity index (χ1) is 6.02. The van der Waals surface area contributed by atoms with E-state index in [0.717, 1.165) is 11.6 Å². The molecular weight excluding hydrogens is 164 g/mol. The number of nitrogens with two attached hydrogens (primary N) is 1. The normalized spacial score (nSPS) is 13.4. The van der Waals surface area contributed by atoms with Gasteiger partial charge in [-0.25, -0.2) is 0 Å². The Labute approximate surface area is 79.5 Å². The SMILES string of the molecule is CC(C)[C@@H](N)c1ccc(N(C)C)o1. The summed E-state index contributed by atoms with van der Waals surface area (Å²) >= 11 is 0. The highest BCUT2D eigenvalue weighted by Crippen LogP contribution is 2.24. The minimum Gasteiger partial charge on any atom is -0.444 e. The largest absolute Gasteiger partial charge is 0.444 e. The lowest BCUT2D eigenvalue weighted by atomic mass is 10.0. The summed E-state index contributed by atoms with van der Waals surface area (Å²) in [7, 11) is 3.90. The van der Waals surface area contributed by atoms with E-state index in [-0.39, 0.29) is 6.04 Å². The van der Waals surface area contributed by atoms with Gasteiger partial charge >= 0.3 is 0 Å². The minimum absolute atomic E-state index is 0.00583. The molecule has 0 saturated heterocycles. The van der Waals surface area contributed by atoms with Crippen molar-refractivity contribution in [2.75, 3.05) is 19.0 Å². The van der Waals surface area contributed by atoms with E-state index in [1.807, 2.05) is 31.1 Å². The summed E-state index contributed by atoms with van der Waals surface area (Å²) in [6, 6.07) is 3.88. The summed E-state index contributed by atoms with van der Waals surface area (Å²) < 4.78 is 5.57. The molecule has 2 N–H and O–H groups in total. The van der Waals surface area contributed by atoms with Gasteiger partial charge in [0, 0.05) is 20.2 Å². The van der Waals surface area contributed by atoms with Crippen LogP contribution in [0.15, 0.2) is 16.5 Å². The fraction of sp³-hybridized carbons (Fsp3) is 0.600. The fourth-order valence-corrected chi connectivity index (χ4v) is 1.09. The summed E-state index contributed by atoms with van der Waals surface area (Å²) in [5.41, 5.74) is 5.94. The second-order valence-corrected chi connectivity index (χ2v) is 3.84. The van der Waals surface area contributed by atoms with Gasteiger partial charge in [0.2, 0.25) is 0 Å². The molecule has 0 saturated carbocycles. The predicted molar refractivity (Wildman–Crippen MR) is 54.8 cm³/mol. The van der Waals surface area contributed by atoms with Gasteiger partial charge in [0.25, 0.3) is 0 Å². The molecule has 1 rings (SSSR count). The molecule has 0 fully saturated rings. The maximum absolute atomic E-state index is 5.94. The van der Waals surface area contributed by atoms with Gasteiger partial charge in [0.15, 0.2) is 5.88 Å². The maximum Gasteiger partial charge on any atom is 0.195 e. The molecule has 1 heterocycles. The maximum atomic E-state index is 5.94. The Morgan fingerprint density at radius 1 is 1.31 bits per heavy atom. The van der Waals surface area contributed by atoms with Crippen LogP contribution in [0.1, 0.15) is 25.6 Å². The first-order valence-corrected chi connectivity index (χ1v) is 4.55. The topological polar surface area (TPSA) is 42.4 Å². The van der Waals surface area contributed by atoms with Gasteiger partial charge in [-0.05, 0) is 12.0 Å². The van der Waals surface area contributed by atoms with E-state index in [1.54, 1.807) is 0 Å². The van der Waals surface area contributed by atoms with E-state index >= 15 is 0 Å². The number of nitrogens with zero attached hydrogens (tertiary/aromatic N) is 1. The Bertz CT molecular complexity index is 266. The lowest BCUT2D eigenvalue weighted by molar-refractivity contribution is 0.405. The third-order valence-corrected chi connectivity index (χ3v) is 2.10. The molecule has 3 nitrogen and oxygen atoms in total. The molecule has 1 atom stereocenters. The Morgan fingerprint density at radius 2 is 1.92 bits per heavy atom. The summed E-state index contributed by atoms with van der Waals surface area (Å²) in [5.74, 6) is 2.12. The van der Waals surface area contributed by atoms with E-state index in [1.165, 1.54) is 0 Å². The van der Waals surface area contributed by atoms with Crippen LogP contribution in [0.3, 0.4) is 0 Å². The van der Waals surface area contributed by atoms with E-state index in [9.17, 15) is 0 Å². The number of hydrogen-bond donors (Lipinski definition) is 1. The van der Waals surface area contributed by atoms with E-state index in [2.05, 4.69) is 13.8 Å². The van der Waals surface area contributed by atoms with Crippen LogP contribution in [0.5, 0.6) is 0 Å². The molecule has 0 amide bonds. The molecule has 0 bridgehead atoms. The molecule has 0 aromatic carbocycles. The number of rotatable bonds is 3. The standard InChI is InChI=1S/C10H18N2O/c1-7(2)10(11)8-5-6-9(13-8)12(3)4/h5-7,10H,11H2,1-4H3/t10-/m1/s1. The lowest BCUT2D eigenvalue weighted by Gasteiger charge is -2.13. The molecule has 0 unspecified atom stereocenters. The molecule has 0 aliphatic rings. The second-order valence-electron chi connectivity index (χ2n) is 3.84. The summed E-state index contributed by atoms with van der Waals surface area (Å²) in [6.45, 7) is 4.17. The zero-order valence-corrected chi connectivity index (χ0v) is 8.74. The monoisotopic (exact) mass is 182 g/mol. The fourth-order valence-electron chi connectivity index (χ4n) is 1.09. The van der Waals surface area contributed by atoms with Gasteiger partial charge in [-0.1, -0.05) is 13.8 Å². The predicted octanol–water partition coefficient (Wildman–Crippen LogP) is 2.00. The first-order valence-electron chi connectivity index (χ1n) is 4.55. The quantitative estimate of drug-likeness (QED) is 0.777. The third kappa shape index (κ3) is 2.25. The number of furan rings is 1. The average Bonchev–Trinajstić information content (AvgIpc) is 2.50. The van der Waals surface area contributed by atoms with Crippen LogP contribution in [-0.2, 0) is 0 Å². The highest BCUT2D eigenvalue weighted by molar-refractivity contribution is 5.34. The van der Waals surface area contributed by atoms with Crippen molar-refractivity contribution >= 4 is 5.88 Å². The van der Waals surface area contributed by atoms with Crippen LogP contribution >= 0.6 is 0 Å². The highest BCUT2D eigenvalue weighted by atomic mass is 16.4. The molecule has 0 aliphatic carbocycles. The second kappa shape index (κ2) is 3.83. The third-order valence-electron chi connectivity index (χ3n) is 2.10. The molecule has 13 heavy (non-hydrogen) atoms. The average molecular weight is 182 g/mol. The van der Waals surface area contributed by atoms with Crippen LogP contribution < -0.4 is 10.6 Å². The van der Waals surface area contributed by atoms with Crippen LogP contribution in [0.2, 0.25) is 0 Å². The van der Waals surface area contributed by atoms with Gasteiger partial charge < -0.3 is 15.1 Å². The molecule has 0 radical (unpaired) electrons. The van der Waals surface area contributed by atoms with Gasteiger partial charge in [0.05, 0.1) is 6.04 Å². The van der Waals surface area contributed by atoms with Crippen molar-refractivity contribution in [1.82, 2.24) is 0 Å². The number of hydrogen-bond acceptors (Lipinski definition) is 3. The zero-order chi connectivity index (χ0) is 10.0. The Kier molecular flexibility index (Phi) is 2.98. The Morgan fingerprint density at radius 3 is 2.31 bits per heavy atom. The van der Waals surface area contributed by atoms with Crippen molar-refractivity contribution in [1.29, 1.82) is 0 Å². The smallest absolute Gasteiger partial charge is 0.195 e. The van der Waals surface area contributed by atoms with E-state index in [4.69, 9.17) is 10.2 Å². The van der Waals surface area contributed by atoms with Crippen molar-refractivity contribution in [3.63, 3.8) is 0 Å². The zero-order valence-electron chi connectivity index (χ0n) is 8.74. The minimum atomic E-state index is -0.00583. The first kappa shape index (κ1) is 10.1. The lowest BCUT2D eigenvalue weighted by Crippen LogP contribution is -2.15. The van der Waals surface area contributed by atoms with Crippen molar-refractivity contribution in [2.45, 2.75) is 19.9 Å². The molecule has 0 aliphatic heterocycles. The van der Waals surface area contributed by atoms with Crippen LogP contribution in [-0.4, -0.2) is 14.1 Å². The molecule has 74 valence electrons. The van der Waals surface area contributed by atoms with Gasteiger partial charge in [-0.15, -0.1) is 0 Å². The van der Waals surface area contributed by atoms with Crippen molar-refractivity contribution in [3.8, 4) is 0 Å². The molecule has 3 heteroatoms. The molecule has 0 spiro atoms. The van der Waals surface area contributed by atoms with Crippen molar-refractivity contribution < 1.29 is 4.42 Å². The molecule has 1 aromatic rings. The summed E-state index contributed by atoms with van der Waals surface area (Å²) in [5, 5.41) is 0. The Balaban J connectivity index is 2.79. The highest BCUT2D eigenvalue weighted by Gasteiger charge is 2.14. The van der Waals surface area contributed by atoms with E-state index < -0.39 is 0 Å². The van der Waals surface area contributed by atoms with Gasteiger partial charge in [-0.3, -0.25) is 0 Å². The van der Waals surface area contributed by atoms with E-state index in [0.29, 0.717) is 5.92 Å². The van der Waals surface area contributed by atoms with Gasteiger partial charge in [-0.2, -0.15) is 0 Å². The summed E-state index contributed by atoms with van der Waals surface area (Å²) in [4.78, 5) is 1.93. The van der Waals surface area contributed by atoms with Crippen molar-refractivity contribution in [3.05, 3.63) is 17.9 Å². The van der Waals surface area contributed by atoms with Crippen LogP contribution in [0, 0.1) is 5.92 Å². The Hall–Kier alpha value is -0.960. The summed E-state index contributed by atoms with van der Waals surface area (Å²) in [6.07, 6.45) is 0.